The van der Waals surface area contributed by atoms with Crippen LogP contribution in [0.4, 0.5) is 5.88 Å². The number of carbonyl (C=O) groups excluding carboxylic acids is 1. The molecule has 100 valence electrons. The van der Waals surface area contributed by atoms with Gasteiger partial charge in [-0.05, 0) is 22.0 Å². The second-order valence-corrected chi connectivity index (χ2v) is 4.47. The zero-order valence-electron chi connectivity index (χ0n) is 10.3. The summed E-state index contributed by atoms with van der Waals surface area (Å²) < 4.78 is 15.9. The molecule has 1 aromatic carbocycles. The molecular weight excluding hydrogens is 316 g/mol. The van der Waals surface area contributed by atoms with E-state index in [1.807, 2.05) is 0 Å². The Hall–Kier alpha value is -2.02. The minimum absolute atomic E-state index is 0.187. The quantitative estimate of drug-likeness (QED) is 0.868. The molecular formula is C12H11BrN2O4. The third-order valence-corrected chi connectivity index (χ3v) is 3.21. The summed E-state index contributed by atoms with van der Waals surface area (Å²) in [6.07, 6.45) is 0.687. The summed E-state index contributed by atoms with van der Waals surface area (Å²) >= 11 is 3.31. The van der Waals surface area contributed by atoms with Crippen molar-refractivity contribution in [3.63, 3.8) is 0 Å². The summed E-state index contributed by atoms with van der Waals surface area (Å²) in [5, 5.41) is 3.82. The van der Waals surface area contributed by atoms with Gasteiger partial charge < -0.3 is 19.7 Å². The van der Waals surface area contributed by atoms with Gasteiger partial charge in [0.2, 0.25) is 5.88 Å². The Labute approximate surface area is 117 Å². The van der Waals surface area contributed by atoms with E-state index in [1.165, 1.54) is 14.2 Å². The summed E-state index contributed by atoms with van der Waals surface area (Å²) in [6.45, 7) is 0. The molecule has 0 saturated heterocycles. The molecule has 0 bridgehead atoms. The number of anilines is 1. The van der Waals surface area contributed by atoms with Crippen molar-refractivity contribution in [1.29, 1.82) is 0 Å². The molecule has 2 aromatic rings. The maximum Gasteiger partial charge on any atom is 0.222 e. The highest BCUT2D eigenvalue weighted by molar-refractivity contribution is 9.10. The number of rotatable bonds is 4. The largest absolute Gasteiger partial charge is 0.492 e. The van der Waals surface area contributed by atoms with E-state index >= 15 is 0 Å². The van der Waals surface area contributed by atoms with Crippen molar-refractivity contribution in [1.82, 2.24) is 5.16 Å². The maximum absolute atomic E-state index is 11.1. The van der Waals surface area contributed by atoms with Gasteiger partial charge in [-0.2, -0.15) is 0 Å². The van der Waals surface area contributed by atoms with E-state index in [4.69, 9.17) is 19.7 Å². The number of halogens is 1. The van der Waals surface area contributed by atoms with Crippen LogP contribution in [0.2, 0.25) is 0 Å². The van der Waals surface area contributed by atoms with Gasteiger partial charge >= 0.3 is 0 Å². The van der Waals surface area contributed by atoms with E-state index in [2.05, 4.69) is 21.1 Å². The number of nitrogen functional groups attached to an aromatic ring is 1. The summed E-state index contributed by atoms with van der Waals surface area (Å²) in [4.78, 5) is 11.1. The Morgan fingerprint density at radius 3 is 2.47 bits per heavy atom. The first-order valence-electron chi connectivity index (χ1n) is 5.24. The van der Waals surface area contributed by atoms with Crippen LogP contribution in [0, 0.1) is 0 Å². The van der Waals surface area contributed by atoms with Crippen LogP contribution in [0.25, 0.3) is 11.3 Å². The molecule has 0 spiro atoms. The Bertz CT molecular complexity index is 624. The van der Waals surface area contributed by atoms with Crippen molar-refractivity contribution in [3.8, 4) is 22.8 Å². The van der Waals surface area contributed by atoms with Crippen LogP contribution in [-0.4, -0.2) is 25.7 Å². The summed E-state index contributed by atoms with van der Waals surface area (Å²) in [6, 6.07) is 3.26. The van der Waals surface area contributed by atoms with Crippen molar-refractivity contribution in [3.05, 3.63) is 22.2 Å². The predicted molar refractivity (Wildman–Crippen MR) is 72.5 cm³/mol. The molecule has 0 unspecified atom stereocenters. The third kappa shape index (κ3) is 2.28. The first kappa shape index (κ1) is 13.4. The van der Waals surface area contributed by atoms with Crippen LogP contribution in [0.15, 0.2) is 21.1 Å². The fraction of sp³-hybridized carbons (Fsp3) is 0.167. The molecule has 0 aliphatic rings. The van der Waals surface area contributed by atoms with Gasteiger partial charge in [0.25, 0.3) is 0 Å². The summed E-state index contributed by atoms with van der Waals surface area (Å²) in [7, 11) is 2.94. The topological polar surface area (TPSA) is 87.6 Å². The minimum Gasteiger partial charge on any atom is -0.492 e. The van der Waals surface area contributed by atoms with Crippen LogP contribution < -0.4 is 15.2 Å². The lowest BCUT2D eigenvalue weighted by molar-refractivity contribution is 0.111. The fourth-order valence-corrected chi connectivity index (χ4v) is 2.25. The zero-order valence-corrected chi connectivity index (χ0v) is 11.9. The average molecular weight is 327 g/mol. The number of ether oxygens (including phenoxy) is 2. The van der Waals surface area contributed by atoms with E-state index in [0.717, 1.165) is 0 Å². The monoisotopic (exact) mass is 326 g/mol. The summed E-state index contributed by atoms with van der Waals surface area (Å²) in [5.41, 5.74) is 6.96. The molecule has 0 fully saturated rings. The number of hydrogen-bond acceptors (Lipinski definition) is 6. The number of hydrogen-bond donors (Lipinski definition) is 1. The zero-order chi connectivity index (χ0) is 14.0. The number of aldehydes is 1. The molecule has 0 aliphatic heterocycles. The third-order valence-electron chi connectivity index (χ3n) is 2.55. The van der Waals surface area contributed by atoms with Gasteiger partial charge in [-0.25, -0.2) is 0 Å². The van der Waals surface area contributed by atoms with E-state index in [1.54, 1.807) is 12.1 Å². The lowest BCUT2D eigenvalue weighted by Crippen LogP contribution is -1.99. The van der Waals surface area contributed by atoms with E-state index in [9.17, 15) is 4.79 Å². The first-order valence-corrected chi connectivity index (χ1v) is 6.03. The number of aromatic nitrogens is 1. The molecule has 6 nitrogen and oxygen atoms in total. The second kappa shape index (κ2) is 5.31. The number of methoxy groups -OCH3 is 2. The molecule has 19 heavy (non-hydrogen) atoms. The molecule has 2 N–H and O–H groups in total. The number of nitrogens with two attached hydrogens (primary N) is 1. The molecule has 0 radical (unpaired) electrons. The van der Waals surface area contributed by atoms with Crippen molar-refractivity contribution in [2.75, 3.05) is 20.0 Å². The van der Waals surface area contributed by atoms with Crippen LogP contribution in [0.5, 0.6) is 11.5 Å². The van der Waals surface area contributed by atoms with Crippen LogP contribution in [0.3, 0.4) is 0 Å². The lowest BCUT2D eigenvalue weighted by Gasteiger charge is -2.14. The van der Waals surface area contributed by atoms with Gasteiger partial charge in [-0.3, -0.25) is 4.79 Å². The number of carbonyl (C=O) groups is 1. The number of nitrogens with zero attached hydrogens (tertiary/aromatic N) is 1. The first-order chi connectivity index (χ1) is 9.12. The van der Waals surface area contributed by atoms with E-state index < -0.39 is 0 Å². The van der Waals surface area contributed by atoms with Gasteiger partial charge in [0.15, 0.2) is 17.8 Å². The van der Waals surface area contributed by atoms with E-state index in [-0.39, 0.29) is 5.88 Å². The van der Waals surface area contributed by atoms with Crippen molar-refractivity contribution in [2.45, 2.75) is 0 Å². The Morgan fingerprint density at radius 2 is 2.00 bits per heavy atom. The minimum atomic E-state index is 0.187. The second-order valence-electron chi connectivity index (χ2n) is 3.62. The Balaban J connectivity index is 2.74. The lowest BCUT2D eigenvalue weighted by atomic mass is 10.1. The molecule has 7 heteroatoms. The van der Waals surface area contributed by atoms with Gasteiger partial charge in [-0.1, -0.05) is 5.16 Å². The van der Waals surface area contributed by atoms with Gasteiger partial charge in [0.05, 0.1) is 25.3 Å². The molecule has 0 amide bonds. The number of benzene rings is 1. The fourth-order valence-electron chi connectivity index (χ4n) is 1.74. The molecule has 1 aromatic heterocycles. The van der Waals surface area contributed by atoms with Crippen LogP contribution in [-0.2, 0) is 0 Å². The van der Waals surface area contributed by atoms with Crippen molar-refractivity contribution in [2.24, 2.45) is 0 Å². The van der Waals surface area contributed by atoms with Crippen molar-refractivity contribution >= 4 is 28.1 Å². The molecule has 0 atom stereocenters. The molecule has 2 rings (SSSR count). The SMILES string of the molecule is COc1c(-c2cc(N)on2)cc(Br)c(C=O)c1OC. The van der Waals surface area contributed by atoms with Gasteiger partial charge in [0, 0.05) is 10.5 Å². The Kier molecular flexibility index (Phi) is 3.75. The predicted octanol–water partition coefficient (Wildman–Crippen LogP) is 2.52. The highest BCUT2D eigenvalue weighted by Crippen LogP contribution is 2.43. The Morgan fingerprint density at radius 1 is 1.32 bits per heavy atom. The smallest absolute Gasteiger partial charge is 0.222 e. The van der Waals surface area contributed by atoms with Crippen LogP contribution in [0.1, 0.15) is 10.4 Å². The van der Waals surface area contributed by atoms with Gasteiger partial charge in [0.1, 0.15) is 5.69 Å². The van der Waals surface area contributed by atoms with Crippen molar-refractivity contribution < 1.29 is 18.8 Å². The average Bonchev–Trinajstić information content (AvgIpc) is 2.83. The summed E-state index contributed by atoms with van der Waals surface area (Å²) in [5.74, 6) is 0.899. The van der Waals surface area contributed by atoms with Crippen LogP contribution >= 0.6 is 15.9 Å². The highest BCUT2D eigenvalue weighted by Gasteiger charge is 2.21. The highest BCUT2D eigenvalue weighted by atomic mass is 79.9. The van der Waals surface area contributed by atoms with E-state index in [0.29, 0.717) is 39.1 Å². The molecule has 1 heterocycles. The maximum atomic E-state index is 11.1. The van der Waals surface area contributed by atoms with Gasteiger partial charge in [-0.15, -0.1) is 0 Å². The standard InChI is InChI=1S/C12H11BrN2O4/c1-17-11-6(9-4-10(14)19-15-9)3-8(13)7(5-16)12(11)18-2/h3-5H,14H2,1-2H3. The molecule has 0 aliphatic carbocycles. The molecule has 0 saturated carbocycles. The normalized spacial score (nSPS) is 10.3.